The zero-order chi connectivity index (χ0) is 25.0. The number of aryl methyl sites for hydroxylation is 1. The average Bonchev–Trinajstić information content (AvgIpc) is 3.20. The average molecular weight is 520 g/mol. The summed E-state index contributed by atoms with van der Waals surface area (Å²) in [5.74, 6) is -0.389. The Balaban J connectivity index is 1.58. The SMILES string of the molecule is COc1ccc(-c2sc(NC(=O)CC3CCOCC3)nc2C)cc1S(=O)(=O)Nc1ccccc1F. The molecule has 1 amide bonds. The molecule has 35 heavy (non-hydrogen) atoms. The van der Waals surface area contributed by atoms with Gasteiger partial charge in [0.2, 0.25) is 5.91 Å². The minimum absolute atomic E-state index is 0.107. The first-order valence-corrected chi connectivity index (χ1v) is 13.4. The minimum Gasteiger partial charge on any atom is -0.495 e. The van der Waals surface area contributed by atoms with E-state index in [0.717, 1.165) is 12.8 Å². The van der Waals surface area contributed by atoms with E-state index in [2.05, 4.69) is 15.0 Å². The lowest BCUT2D eigenvalue weighted by Gasteiger charge is -2.20. The molecule has 186 valence electrons. The summed E-state index contributed by atoms with van der Waals surface area (Å²) in [6, 6.07) is 10.2. The number of amides is 1. The van der Waals surface area contributed by atoms with Crippen LogP contribution in [-0.2, 0) is 19.6 Å². The van der Waals surface area contributed by atoms with Gasteiger partial charge in [0.15, 0.2) is 5.13 Å². The number of thiazole rings is 1. The number of sulfonamides is 1. The van der Waals surface area contributed by atoms with E-state index in [1.54, 1.807) is 13.0 Å². The summed E-state index contributed by atoms with van der Waals surface area (Å²) in [7, 11) is -2.80. The molecule has 1 aromatic heterocycles. The molecular weight excluding hydrogens is 493 g/mol. The normalized spacial score (nSPS) is 14.5. The van der Waals surface area contributed by atoms with E-state index in [-0.39, 0.29) is 22.2 Å². The second kappa shape index (κ2) is 10.7. The van der Waals surface area contributed by atoms with E-state index in [1.165, 1.54) is 54.8 Å². The number of ether oxygens (including phenoxy) is 2. The van der Waals surface area contributed by atoms with Gasteiger partial charge >= 0.3 is 0 Å². The molecule has 0 saturated carbocycles. The Morgan fingerprint density at radius 3 is 2.69 bits per heavy atom. The van der Waals surface area contributed by atoms with Gasteiger partial charge in [-0.1, -0.05) is 23.5 Å². The number of aromatic nitrogens is 1. The Morgan fingerprint density at radius 2 is 1.97 bits per heavy atom. The summed E-state index contributed by atoms with van der Waals surface area (Å²) in [5, 5.41) is 3.30. The zero-order valence-electron chi connectivity index (χ0n) is 19.3. The lowest BCUT2D eigenvalue weighted by molar-refractivity contribution is -0.117. The predicted octanol–water partition coefficient (Wildman–Crippen LogP) is 4.82. The van der Waals surface area contributed by atoms with E-state index in [1.807, 2.05) is 0 Å². The highest BCUT2D eigenvalue weighted by molar-refractivity contribution is 7.92. The summed E-state index contributed by atoms with van der Waals surface area (Å²) in [4.78, 5) is 17.5. The lowest BCUT2D eigenvalue weighted by Crippen LogP contribution is -2.22. The number of anilines is 2. The van der Waals surface area contributed by atoms with Crippen LogP contribution in [0.25, 0.3) is 10.4 Å². The monoisotopic (exact) mass is 519 g/mol. The predicted molar refractivity (Wildman–Crippen MR) is 133 cm³/mol. The van der Waals surface area contributed by atoms with Gasteiger partial charge < -0.3 is 14.8 Å². The van der Waals surface area contributed by atoms with Crippen molar-refractivity contribution in [1.29, 1.82) is 0 Å². The minimum atomic E-state index is -4.16. The van der Waals surface area contributed by atoms with Crippen LogP contribution in [0.4, 0.5) is 15.2 Å². The molecular formula is C24H26FN3O5S2. The number of para-hydroxylation sites is 1. The van der Waals surface area contributed by atoms with Crippen molar-refractivity contribution >= 4 is 38.1 Å². The molecule has 3 aromatic rings. The van der Waals surface area contributed by atoms with Crippen LogP contribution in [-0.4, -0.2) is 39.6 Å². The van der Waals surface area contributed by atoms with Crippen molar-refractivity contribution in [2.45, 2.75) is 31.1 Å². The number of rotatable bonds is 8. The third-order valence-corrected chi connectivity index (χ3v) is 8.20. The van der Waals surface area contributed by atoms with E-state index in [9.17, 15) is 17.6 Å². The van der Waals surface area contributed by atoms with Gasteiger partial charge in [-0.05, 0) is 61.6 Å². The fraction of sp³-hybridized carbons (Fsp3) is 0.333. The summed E-state index contributed by atoms with van der Waals surface area (Å²) >= 11 is 1.26. The molecule has 0 spiro atoms. The van der Waals surface area contributed by atoms with Gasteiger partial charge in [-0.15, -0.1) is 0 Å². The number of carbonyl (C=O) groups excluding carboxylic acids is 1. The molecule has 4 rings (SSSR count). The highest BCUT2D eigenvalue weighted by Crippen LogP contribution is 2.37. The van der Waals surface area contributed by atoms with Gasteiger partial charge in [-0.3, -0.25) is 9.52 Å². The summed E-state index contributed by atoms with van der Waals surface area (Å²) in [5.41, 5.74) is 1.06. The van der Waals surface area contributed by atoms with Crippen LogP contribution in [0.3, 0.4) is 0 Å². The second-order valence-corrected chi connectivity index (χ2v) is 10.8. The molecule has 0 radical (unpaired) electrons. The Morgan fingerprint density at radius 1 is 1.23 bits per heavy atom. The number of nitrogens with one attached hydrogen (secondary N) is 2. The molecule has 2 N–H and O–H groups in total. The van der Waals surface area contributed by atoms with E-state index < -0.39 is 15.8 Å². The fourth-order valence-corrected chi connectivity index (χ4v) is 6.11. The van der Waals surface area contributed by atoms with Crippen molar-refractivity contribution in [1.82, 2.24) is 4.98 Å². The van der Waals surface area contributed by atoms with Gasteiger partial charge in [0.25, 0.3) is 10.0 Å². The molecule has 11 heteroatoms. The Kier molecular flexibility index (Phi) is 7.68. The molecule has 2 heterocycles. The van der Waals surface area contributed by atoms with Crippen molar-refractivity contribution in [2.24, 2.45) is 5.92 Å². The first-order valence-electron chi connectivity index (χ1n) is 11.1. The third kappa shape index (κ3) is 5.98. The smallest absolute Gasteiger partial charge is 0.265 e. The standard InChI is InChI=1S/C24H26FN3O5S2/c1-15-23(34-24(26-15)27-22(29)13-16-9-11-33-12-10-16)17-7-8-20(32-2)21(14-17)35(30,31)28-19-6-4-3-5-18(19)25/h3-8,14,16,28H,9-13H2,1-2H3,(H,26,27,29). The van der Waals surface area contributed by atoms with Crippen molar-refractivity contribution in [3.05, 3.63) is 54.0 Å². The number of nitrogens with zero attached hydrogens (tertiary/aromatic N) is 1. The first-order chi connectivity index (χ1) is 16.8. The van der Waals surface area contributed by atoms with Crippen LogP contribution in [0.5, 0.6) is 5.75 Å². The van der Waals surface area contributed by atoms with Gasteiger partial charge in [0, 0.05) is 19.6 Å². The molecule has 1 fully saturated rings. The highest BCUT2D eigenvalue weighted by atomic mass is 32.2. The van der Waals surface area contributed by atoms with Crippen LogP contribution in [0, 0.1) is 18.7 Å². The van der Waals surface area contributed by atoms with Gasteiger partial charge in [-0.25, -0.2) is 17.8 Å². The third-order valence-electron chi connectivity index (χ3n) is 5.69. The van der Waals surface area contributed by atoms with Crippen LogP contribution < -0.4 is 14.8 Å². The van der Waals surface area contributed by atoms with Crippen LogP contribution >= 0.6 is 11.3 Å². The molecule has 0 bridgehead atoms. The maximum absolute atomic E-state index is 14.1. The lowest BCUT2D eigenvalue weighted by atomic mass is 9.96. The largest absolute Gasteiger partial charge is 0.495 e. The van der Waals surface area contributed by atoms with Crippen LogP contribution in [0.2, 0.25) is 0 Å². The molecule has 2 aromatic carbocycles. The number of halogens is 1. The fourth-order valence-electron chi connectivity index (χ4n) is 3.87. The quantitative estimate of drug-likeness (QED) is 0.442. The van der Waals surface area contributed by atoms with Crippen molar-refractivity contribution in [2.75, 3.05) is 30.4 Å². The molecule has 1 aliphatic heterocycles. The molecule has 0 unspecified atom stereocenters. The number of hydrogen-bond acceptors (Lipinski definition) is 7. The van der Waals surface area contributed by atoms with Crippen molar-refractivity contribution in [3.63, 3.8) is 0 Å². The summed E-state index contributed by atoms with van der Waals surface area (Å²) in [6.45, 7) is 3.13. The first kappa shape index (κ1) is 25.1. The molecule has 1 aliphatic rings. The summed E-state index contributed by atoms with van der Waals surface area (Å²) < 4.78 is 53.2. The number of benzene rings is 2. The number of methoxy groups -OCH3 is 1. The topological polar surface area (TPSA) is 107 Å². The van der Waals surface area contributed by atoms with Crippen molar-refractivity contribution < 1.29 is 27.1 Å². The Hall–Kier alpha value is -3.02. The Bertz CT molecular complexity index is 1320. The van der Waals surface area contributed by atoms with E-state index in [0.29, 0.717) is 46.8 Å². The van der Waals surface area contributed by atoms with Gasteiger partial charge in [-0.2, -0.15) is 0 Å². The number of hydrogen-bond donors (Lipinski definition) is 2. The van der Waals surface area contributed by atoms with E-state index in [4.69, 9.17) is 9.47 Å². The molecule has 0 aliphatic carbocycles. The zero-order valence-corrected chi connectivity index (χ0v) is 21.0. The maximum atomic E-state index is 14.1. The Labute approximate surface area is 207 Å². The van der Waals surface area contributed by atoms with Crippen LogP contribution in [0.15, 0.2) is 47.4 Å². The summed E-state index contributed by atoms with van der Waals surface area (Å²) in [6.07, 6.45) is 2.13. The van der Waals surface area contributed by atoms with Gasteiger partial charge in [0.05, 0.1) is 23.4 Å². The van der Waals surface area contributed by atoms with Crippen molar-refractivity contribution in [3.8, 4) is 16.2 Å². The molecule has 1 saturated heterocycles. The molecule has 8 nitrogen and oxygen atoms in total. The van der Waals surface area contributed by atoms with E-state index >= 15 is 0 Å². The molecule has 0 atom stereocenters. The maximum Gasteiger partial charge on any atom is 0.265 e. The van der Waals surface area contributed by atoms with Gasteiger partial charge in [0.1, 0.15) is 16.5 Å². The second-order valence-electron chi connectivity index (χ2n) is 8.19. The highest BCUT2D eigenvalue weighted by Gasteiger charge is 2.24. The number of carbonyl (C=O) groups is 1. The van der Waals surface area contributed by atoms with Crippen LogP contribution in [0.1, 0.15) is 25.0 Å².